The van der Waals surface area contributed by atoms with Gasteiger partial charge in [0, 0.05) is 32.2 Å². The SMILES string of the molecule is COCC(O)CN(CCO)CC(O)COc1ccc(C(C)(C)c2ccc(C)cc2)cc1. The predicted molar refractivity (Wildman–Crippen MR) is 123 cm³/mol. The molecule has 2 rings (SSSR count). The molecule has 0 spiro atoms. The Balaban J connectivity index is 1.91. The first-order chi connectivity index (χ1) is 14.8. The van der Waals surface area contributed by atoms with E-state index in [9.17, 15) is 15.3 Å². The number of nitrogens with zero attached hydrogens (tertiary/aromatic N) is 1. The topological polar surface area (TPSA) is 82.4 Å². The van der Waals surface area contributed by atoms with Gasteiger partial charge in [0.15, 0.2) is 0 Å². The summed E-state index contributed by atoms with van der Waals surface area (Å²) in [6.07, 6.45) is -1.42. The number of hydrogen-bond donors (Lipinski definition) is 3. The monoisotopic (exact) mass is 431 g/mol. The number of benzene rings is 2. The van der Waals surface area contributed by atoms with Crippen molar-refractivity contribution < 1.29 is 24.8 Å². The first-order valence-corrected chi connectivity index (χ1v) is 10.7. The quantitative estimate of drug-likeness (QED) is 0.452. The third kappa shape index (κ3) is 7.91. The lowest BCUT2D eigenvalue weighted by molar-refractivity contribution is 0.0117. The summed E-state index contributed by atoms with van der Waals surface area (Å²) < 4.78 is 10.7. The van der Waals surface area contributed by atoms with Crippen LogP contribution in [0, 0.1) is 6.92 Å². The van der Waals surface area contributed by atoms with Gasteiger partial charge < -0.3 is 24.8 Å². The van der Waals surface area contributed by atoms with Crippen LogP contribution in [0.4, 0.5) is 0 Å². The van der Waals surface area contributed by atoms with Crippen molar-refractivity contribution in [1.29, 1.82) is 0 Å². The Morgan fingerprint density at radius 1 is 0.871 bits per heavy atom. The van der Waals surface area contributed by atoms with Crippen LogP contribution in [0.2, 0.25) is 0 Å². The minimum atomic E-state index is -0.745. The Morgan fingerprint density at radius 2 is 1.39 bits per heavy atom. The minimum absolute atomic E-state index is 0.0501. The van der Waals surface area contributed by atoms with Crippen LogP contribution < -0.4 is 4.74 Å². The van der Waals surface area contributed by atoms with Crippen molar-refractivity contribution >= 4 is 0 Å². The molecule has 0 fully saturated rings. The summed E-state index contributed by atoms with van der Waals surface area (Å²) in [6, 6.07) is 16.5. The Labute approximate surface area is 186 Å². The zero-order chi connectivity index (χ0) is 22.9. The third-order valence-electron chi connectivity index (χ3n) is 5.50. The number of methoxy groups -OCH3 is 1. The molecule has 0 aliphatic heterocycles. The van der Waals surface area contributed by atoms with Crippen molar-refractivity contribution in [2.24, 2.45) is 0 Å². The van der Waals surface area contributed by atoms with E-state index in [1.54, 1.807) is 4.90 Å². The summed E-state index contributed by atoms with van der Waals surface area (Å²) in [5.74, 6) is 0.690. The van der Waals surface area contributed by atoms with Crippen LogP contribution in [0.5, 0.6) is 5.75 Å². The molecular formula is C25H37NO5. The summed E-state index contributed by atoms with van der Waals surface area (Å²) in [6.45, 7) is 7.74. The van der Waals surface area contributed by atoms with Crippen LogP contribution in [0.15, 0.2) is 48.5 Å². The van der Waals surface area contributed by atoms with Gasteiger partial charge in [0.2, 0.25) is 0 Å². The fourth-order valence-corrected chi connectivity index (χ4v) is 3.59. The van der Waals surface area contributed by atoms with E-state index in [2.05, 4.69) is 57.2 Å². The standard InChI is InChI=1S/C25H37NO5/c1-19-5-7-20(8-6-19)25(2,3)21-9-11-24(12-10-21)31-18-23(29)16-26(13-14-27)15-22(28)17-30-4/h5-12,22-23,27-29H,13-18H2,1-4H3. The Morgan fingerprint density at radius 3 is 1.90 bits per heavy atom. The number of hydrogen-bond acceptors (Lipinski definition) is 6. The molecule has 172 valence electrons. The molecule has 0 aromatic heterocycles. The van der Waals surface area contributed by atoms with E-state index in [4.69, 9.17) is 9.47 Å². The predicted octanol–water partition coefficient (Wildman–Crippen LogP) is 2.36. The summed E-state index contributed by atoms with van der Waals surface area (Å²) in [7, 11) is 1.52. The van der Waals surface area contributed by atoms with Gasteiger partial charge in [0.1, 0.15) is 18.5 Å². The van der Waals surface area contributed by atoms with E-state index >= 15 is 0 Å². The zero-order valence-electron chi connectivity index (χ0n) is 19.1. The van der Waals surface area contributed by atoms with Gasteiger partial charge in [-0.3, -0.25) is 4.90 Å². The van der Waals surface area contributed by atoms with Crippen LogP contribution in [0.1, 0.15) is 30.5 Å². The maximum Gasteiger partial charge on any atom is 0.119 e. The number of aliphatic hydroxyl groups is 3. The normalized spacial score (nSPS) is 13.9. The fourth-order valence-electron chi connectivity index (χ4n) is 3.59. The molecular weight excluding hydrogens is 394 g/mol. The van der Waals surface area contributed by atoms with E-state index < -0.39 is 12.2 Å². The second-order valence-electron chi connectivity index (χ2n) is 8.57. The zero-order valence-corrected chi connectivity index (χ0v) is 19.1. The van der Waals surface area contributed by atoms with Crippen molar-refractivity contribution in [3.63, 3.8) is 0 Å². The molecule has 6 heteroatoms. The summed E-state index contributed by atoms with van der Waals surface area (Å²) >= 11 is 0. The number of ether oxygens (including phenoxy) is 2. The smallest absolute Gasteiger partial charge is 0.119 e. The molecule has 2 unspecified atom stereocenters. The maximum atomic E-state index is 10.3. The molecule has 0 heterocycles. The average Bonchev–Trinajstić information content (AvgIpc) is 2.73. The number of aryl methyl sites for hydroxylation is 1. The minimum Gasteiger partial charge on any atom is -0.491 e. The summed E-state index contributed by atoms with van der Waals surface area (Å²) in [5.41, 5.74) is 3.56. The van der Waals surface area contributed by atoms with Crippen molar-refractivity contribution in [2.45, 2.75) is 38.4 Å². The Kier molecular flexibility index (Phi) is 9.93. The van der Waals surface area contributed by atoms with Gasteiger partial charge >= 0.3 is 0 Å². The second-order valence-corrected chi connectivity index (χ2v) is 8.57. The highest BCUT2D eigenvalue weighted by Crippen LogP contribution is 2.32. The molecule has 0 saturated heterocycles. The number of aliphatic hydroxyl groups excluding tert-OH is 3. The van der Waals surface area contributed by atoms with Gasteiger partial charge in [-0.1, -0.05) is 55.8 Å². The lowest BCUT2D eigenvalue weighted by atomic mass is 9.78. The van der Waals surface area contributed by atoms with Gasteiger partial charge in [-0.15, -0.1) is 0 Å². The van der Waals surface area contributed by atoms with E-state index in [-0.39, 0.29) is 25.2 Å². The molecule has 0 radical (unpaired) electrons. The highest BCUT2D eigenvalue weighted by Gasteiger charge is 2.23. The van der Waals surface area contributed by atoms with Crippen molar-refractivity contribution in [2.75, 3.05) is 46.6 Å². The fraction of sp³-hybridized carbons (Fsp3) is 0.520. The maximum absolute atomic E-state index is 10.3. The van der Waals surface area contributed by atoms with Crippen LogP contribution in [0.25, 0.3) is 0 Å². The Hall–Kier alpha value is -1.96. The van der Waals surface area contributed by atoms with Crippen LogP contribution in [-0.4, -0.2) is 79.0 Å². The van der Waals surface area contributed by atoms with E-state index in [0.717, 1.165) is 0 Å². The van der Waals surface area contributed by atoms with E-state index in [0.29, 0.717) is 25.4 Å². The molecule has 0 aliphatic rings. The van der Waals surface area contributed by atoms with Crippen molar-refractivity contribution in [3.8, 4) is 5.75 Å². The molecule has 2 atom stereocenters. The third-order valence-corrected chi connectivity index (χ3v) is 5.50. The first kappa shape index (κ1) is 25.3. The summed E-state index contributed by atoms with van der Waals surface area (Å²) in [5, 5.41) is 29.5. The average molecular weight is 432 g/mol. The summed E-state index contributed by atoms with van der Waals surface area (Å²) in [4.78, 5) is 1.80. The number of rotatable bonds is 13. The van der Waals surface area contributed by atoms with Gasteiger partial charge in [-0.05, 0) is 30.2 Å². The lowest BCUT2D eigenvalue weighted by Gasteiger charge is -2.27. The highest BCUT2D eigenvalue weighted by molar-refractivity contribution is 5.40. The first-order valence-electron chi connectivity index (χ1n) is 10.7. The van der Waals surface area contributed by atoms with Crippen molar-refractivity contribution in [1.82, 2.24) is 4.90 Å². The highest BCUT2D eigenvalue weighted by atomic mass is 16.5. The molecule has 0 bridgehead atoms. The lowest BCUT2D eigenvalue weighted by Crippen LogP contribution is -2.42. The van der Waals surface area contributed by atoms with Crippen LogP contribution >= 0.6 is 0 Å². The molecule has 0 saturated carbocycles. The molecule has 3 N–H and O–H groups in total. The molecule has 0 amide bonds. The molecule has 6 nitrogen and oxygen atoms in total. The van der Waals surface area contributed by atoms with Crippen LogP contribution in [0.3, 0.4) is 0 Å². The Bertz CT molecular complexity index is 760. The van der Waals surface area contributed by atoms with Crippen LogP contribution in [-0.2, 0) is 10.2 Å². The molecule has 31 heavy (non-hydrogen) atoms. The van der Waals surface area contributed by atoms with Gasteiger partial charge in [0.05, 0.1) is 19.3 Å². The molecule has 2 aromatic carbocycles. The largest absolute Gasteiger partial charge is 0.491 e. The molecule has 0 aliphatic carbocycles. The van der Waals surface area contributed by atoms with Gasteiger partial charge in [0.25, 0.3) is 0 Å². The van der Waals surface area contributed by atoms with E-state index in [1.165, 1.54) is 23.8 Å². The van der Waals surface area contributed by atoms with Gasteiger partial charge in [-0.25, -0.2) is 0 Å². The second kappa shape index (κ2) is 12.2. The van der Waals surface area contributed by atoms with E-state index in [1.807, 2.05) is 12.1 Å². The van der Waals surface area contributed by atoms with Crippen molar-refractivity contribution in [3.05, 3.63) is 65.2 Å². The van der Waals surface area contributed by atoms with Gasteiger partial charge in [-0.2, -0.15) is 0 Å². The molecule has 2 aromatic rings.